The van der Waals surface area contributed by atoms with E-state index in [2.05, 4.69) is 44.3 Å². The summed E-state index contributed by atoms with van der Waals surface area (Å²) in [6, 6.07) is 8.86. The molecule has 4 fully saturated rings. The molecule has 3 saturated heterocycles. The maximum absolute atomic E-state index is 14.2. The van der Waals surface area contributed by atoms with Crippen molar-refractivity contribution in [3.63, 3.8) is 0 Å². The van der Waals surface area contributed by atoms with Gasteiger partial charge in [-0.3, -0.25) is 13.9 Å². The smallest absolute Gasteiger partial charge is 0.377 e. The number of fused-ring (bicyclic) bond motifs is 2. The van der Waals surface area contributed by atoms with Crippen LogP contribution in [0.25, 0.3) is 10.6 Å². The van der Waals surface area contributed by atoms with Crippen LogP contribution >= 0.6 is 11.3 Å². The summed E-state index contributed by atoms with van der Waals surface area (Å²) in [5.74, 6) is 0.644. The number of hydrogen-bond acceptors (Lipinski definition) is 9. The molecule has 9 nitrogen and oxygen atoms in total. The first-order valence-electron chi connectivity index (χ1n) is 15.2. The van der Waals surface area contributed by atoms with Crippen LogP contribution in [0.3, 0.4) is 0 Å². The highest BCUT2D eigenvalue weighted by atomic mass is 32.2. The summed E-state index contributed by atoms with van der Waals surface area (Å²) in [6.07, 6.45) is 0.172. The minimum atomic E-state index is -4.68. The van der Waals surface area contributed by atoms with Gasteiger partial charge in [0.2, 0.25) is 12.4 Å². The molecule has 4 aliphatic rings. The van der Waals surface area contributed by atoms with Gasteiger partial charge in [0, 0.05) is 59.9 Å². The molecule has 1 saturated carbocycles. The molecule has 2 aromatic heterocycles. The van der Waals surface area contributed by atoms with Crippen molar-refractivity contribution in [3.8, 4) is 10.6 Å². The van der Waals surface area contributed by atoms with E-state index in [0.717, 1.165) is 61.1 Å². The zero-order valence-corrected chi connectivity index (χ0v) is 26.7. The monoisotopic (exact) mass is 660 g/mol. The Hall–Kier alpha value is -3.07. The molecule has 0 spiro atoms. The largest absolute Gasteiger partial charge is 0.420 e. The zero-order chi connectivity index (χ0) is 31.5. The molecule has 3 unspecified atom stereocenters. The minimum Gasteiger partial charge on any atom is -0.377 e. The quantitative estimate of drug-likeness (QED) is 0.287. The lowest BCUT2D eigenvalue weighted by molar-refractivity contribution is -0.137. The molecule has 1 N–H and O–H groups in total. The second-order valence-electron chi connectivity index (χ2n) is 12.4. The van der Waals surface area contributed by atoms with E-state index in [1.54, 1.807) is 11.8 Å². The van der Waals surface area contributed by atoms with Crippen LogP contribution in [0.2, 0.25) is 0 Å². The van der Waals surface area contributed by atoms with Crippen LogP contribution in [-0.2, 0) is 26.5 Å². The van der Waals surface area contributed by atoms with Crippen molar-refractivity contribution in [2.24, 2.45) is 0 Å². The van der Waals surface area contributed by atoms with Gasteiger partial charge in [-0.05, 0) is 69.0 Å². The number of nitrogens with zero attached hydrogens (tertiary/aromatic N) is 5. The molecule has 1 aromatic carbocycles. The third-order valence-corrected chi connectivity index (χ3v) is 12.0. The van der Waals surface area contributed by atoms with Crippen molar-refractivity contribution in [1.29, 1.82) is 0 Å². The predicted molar refractivity (Wildman–Crippen MR) is 168 cm³/mol. The van der Waals surface area contributed by atoms with Crippen LogP contribution in [0.5, 0.6) is 0 Å². The molecular formula is C31H35F3N6O3S2. The van der Waals surface area contributed by atoms with Gasteiger partial charge in [-0.15, -0.1) is 11.3 Å². The van der Waals surface area contributed by atoms with E-state index in [0.29, 0.717) is 41.0 Å². The van der Waals surface area contributed by atoms with Gasteiger partial charge in [0.1, 0.15) is 5.56 Å². The number of likely N-dealkylation sites (tertiary alicyclic amines) is 1. The number of rotatable bonds is 11. The second-order valence-corrected chi connectivity index (χ2v) is 15.2. The number of anilines is 3. The van der Waals surface area contributed by atoms with Crippen molar-refractivity contribution in [3.05, 3.63) is 46.5 Å². The maximum atomic E-state index is 14.2. The summed E-state index contributed by atoms with van der Waals surface area (Å²) in [7, 11) is 0.662. The summed E-state index contributed by atoms with van der Waals surface area (Å²) in [5, 5.41) is 3.23. The number of ether oxygens (including phenoxy) is 1. The van der Waals surface area contributed by atoms with E-state index in [9.17, 15) is 22.2 Å². The van der Waals surface area contributed by atoms with Gasteiger partial charge in [-0.1, -0.05) is 0 Å². The lowest BCUT2D eigenvalue weighted by Crippen LogP contribution is -2.49. The number of carbonyl (C=O) groups excluding carboxylic acids is 1. The Labute approximate surface area is 266 Å². The fourth-order valence-corrected chi connectivity index (χ4v) is 9.12. The van der Waals surface area contributed by atoms with Crippen molar-refractivity contribution in [1.82, 2.24) is 19.8 Å². The Morgan fingerprint density at radius 2 is 2.00 bits per heavy atom. The van der Waals surface area contributed by atoms with Gasteiger partial charge in [0.25, 0.3) is 0 Å². The molecule has 45 heavy (non-hydrogen) atoms. The number of likely N-dealkylation sites (N-methyl/N-ethyl adjacent to an activating group) is 1. The van der Waals surface area contributed by atoms with Crippen LogP contribution in [0.15, 0.2) is 35.4 Å². The van der Waals surface area contributed by atoms with Gasteiger partial charge in [0.05, 0.1) is 45.5 Å². The lowest BCUT2D eigenvalue weighted by atomic mass is 10.1. The summed E-state index contributed by atoms with van der Waals surface area (Å²) >= 11 is 1.12. The summed E-state index contributed by atoms with van der Waals surface area (Å²) < 4.78 is 60.9. The van der Waals surface area contributed by atoms with Gasteiger partial charge in [0.15, 0.2) is 0 Å². The third kappa shape index (κ3) is 6.09. The normalized spacial score (nSPS) is 22.5. The van der Waals surface area contributed by atoms with Crippen LogP contribution in [0.1, 0.15) is 41.2 Å². The number of aromatic nitrogens is 2. The molecule has 0 radical (unpaired) electrons. The highest BCUT2D eigenvalue weighted by Crippen LogP contribution is 2.47. The lowest BCUT2D eigenvalue weighted by Gasteiger charge is -2.34. The van der Waals surface area contributed by atoms with E-state index in [1.807, 2.05) is 6.07 Å². The number of piperazine rings is 1. The SMILES string of the molecule is Cc1sc(-c2nc(Nc3ccc(N4CC5CC4CN5C)cc3C3CC3)ncc2C(F)(F)F)cc1S(=O)CCN(C=O)C1COC1. The Bertz CT molecular complexity index is 1620. The van der Waals surface area contributed by atoms with E-state index in [-0.39, 0.29) is 34.9 Å². The Morgan fingerprint density at radius 1 is 1.20 bits per heavy atom. The molecule has 240 valence electrons. The van der Waals surface area contributed by atoms with Gasteiger partial charge >= 0.3 is 6.18 Å². The van der Waals surface area contributed by atoms with E-state index in [1.165, 1.54) is 18.2 Å². The number of hydrogen-bond donors (Lipinski definition) is 1. The summed E-state index contributed by atoms with van der Waals surface area (Å²) in [5.41, 5.74) is 1.92. The number of amides is 1. The number of aryl methyl sites for hydroxylation is 1. The molecule has 3 aromatic rings. The zero-order valence-electron chi connectivity index (χ0n) is 25.0. The highest BCUT2D eigenvalue weighted by Gasteiger charge is 2.42. The molecule has 2 bridgehead atoms. The van der Waals surface area contributed by atoms with Crippen LogP contribution in [0, 0.1) is 6.92 Å². The van der Waals surface area contributed by atoms with E-state index < -0.39 is 22.5 Å². The first-order valence-corrected chi connectivity index (χ1v) is 17.3. The van der Waals surface area contributed by atoms with Gasteiger partial charge < -0.3 is 19.9 Å². The molecule has 5 heterocycles. The van der Waals surface area contributed by atoms with Gasteiger partial charge in [-0.25, -0.2) is 9.97 Å². The van der Waals surface area contributed by atoms with Crippen molar-refractivity contribution < 1.29 is 26.9 Å². The first kappa shape index (κ1) is 30.6. The Balaban J connectivity index is 1.14. The average Bonchev–Trinajstić information content (AvgIpc) is 3.48. The number of nitrogens with one attached hydrogen (secondary N) is 1. The third-order valence-electron chi connectivity index (χ3n) is 9.35. The topological polar surface area (TPSA) is 90.9 Å². The maximum Gasteiger partial charge on any atom is 0.420 e. The van der Waals surface area contributed by atoms with Crippen LogP contribution < -0.4 is 10.2 Å². The number of thiophene rings is 1. The van der Waals surface area contributed by atoms with E-state index in [4.69, 9.17) is 4.74 Å². The summed E-state index contributed by atoms with van der Waals surface area (Å²) in [6.45, 7) is 4.95. The second kappa shape index (κ2) is 11.9. The first-order chi connectivity index (χ1) is 21.6. The number of benzene rings is 1. The predicted octanol–water partition coefficient (Wildman–Crippen LogP) is 5.01. The fraction of sp³-hybridized carbons (Fsp3) is 0.516. The molecule has 3 atom stereocenters. The van der Waals surface area contributed by atoms with E-state index >= 15 is 0 Å². The Kier molecular flexibility index (Phi) is 8.11. The highest BCUT2D eigenvalue weighted by molar-refractivity contribution is 7.85. The minimum absolute atomic E-state index is 0.0334. The standard InChI is InChI=1S/C31H35F3N6O3S2/c1-18-28(45(42)8-7-39(17-41)23-15-43-16-23)11-27(44-18)29-25(31(32,33)34)12-35-30(37-29)36-26-6-5-20(10-24(26)19-3-4-19)40-14-21-9-22(40)13-38(21)2/h5-6,10-12,17,19,21-23H,3-4,7-9,13-16H2,1-2H3,(H,35,36,37). The molecule has 1 aliphatic carbocycles. The molecule has 14 heteroatoms. The average molecular weight is 661 g/mol. The van der Waals surface area contributed by atoms with Crippen molar-refractivity contribution >= 4 is 45.9 Å². The van der Waals surface area contributed by atoms with Crippen molar-refractivity contribution in [2.45, 2.75) is 61.3 Å². The number of halogens is 3. The summed E-state index contributed by atoms with van der Waals surface area (Å²) in [4.78, 5) is 27.7. The molecule has 3 aliphatic heterocycles. The number of alkyl halides is 3. The molecule has 7 rings (SSSR count). The molecule has 1 amide bonds. The fourth-order valence-electron chi connectivity index (χ4n) is 6.56. The van der Waals surface area contributed by atoms with Crippen LogP contribution in [-0.4, -0.2) is 94.2 Å². The number of carbonyl (C=O) groups is 1. The Morgan fingerprint density at radius 3 is 2.62 bits per heavy atom. The van der Waals surface area contributed by atoms with Crippen LogP contribution in [0.4, 0.5) is 30.5 Å². The van der Waals surface area contributed by atoms with Gasteiger partial charge in [-0.2, -0.15) is 13.2 Å². The molecular weight excluding hydrogens is 626 g/mol. The van der Waals surface area contributed by atoms with Crippen molar-refractivity contribution in [2.75, 3.05) is 55.9 Å².